The Morgan fingerprint density at radius 2 is 1.93 bits per heavy atom. The first-order valence-electron chi connectivity index (χ1n) is 5.95. The van der Waals surface area contributed by atoms with Gasteiger partial charge in [0, 0.05) is 6.42 Å². The van der Waals surface area contributed by atoms with E-state index in [1.807, 2.05) is 0 Å². The fourth-order valence-corrected chi connectivity index (χ4v) is 2.62. The Morgan fingerprint density at radius 3 is 2.50 bits per heavy atom. The number of carboxylic acid groups (broad SMARTS) is 1. The highest BCUT2D eigenvalue weighted by molar-refractivity contribution is 5.67. The normalized spacial score (nSPS) is 27.5. The van der Waals surface area contributed by atoms with Gasteiger partial charge in [0.2, 0.25) is 0 Å². The van der Waals surface area contributed by atoms with Crippen LogP contribution in [0.1, 0.15) is 58.3 Å². The lowest BCUT2D eigenvalue weighted by atomic mass is 9.75. The van der Waals surface area contributed by atoms with Gasteiger partial charge in [0.25, 0.3) is 0 Å². The van der Waals surface area contributed by atoms with Gasteiger partial charge in [-0.2, -0.15) is 0 Å². The smallest absolute Gasteiger partial charge is 0.303 e. The summed E-state index contributed by atoms with van der Waals surface area (Å²) in [6, 6.07) is 0. The monoisotopic (exact) mass is 198 g/mol. The quantitative estimate of drug-likeness (QED) is 0.734. The molecule has 0 radical (unpaired) electrons. The molecule has 1 rings (SSSR count). The fourth-order valence-electron chi connectivity index (χ4n) is 2.62. The van der Waals surface area contributed by atoms with Crippen LogP contribution in [0.3, 0.4) is 0 Å². The lowest BCUT2D eigenvalue weighted by Crippen LogP contribution is -2.22. The number of hydrogen-bond donors (Lipinski definition) is 1. The Bertz CT molecular complexity index is 177. The van der Waals surface area contributed by atoms with Gasteiger partial charge in [-0.3, -0.25) is 4.79 Å². The van der Waals surface area contributed by atoms with Crippen LogP contribution < -0.4 is 0 Å². The van der Waals surface area contributed by atoms with E-state index in [9.17, 15) is 4.79 Å². The Hall–Kier alpha value is -0.530. The van der Waals surface area contributed by atoms with Gasteiger partial charge < -0.3 is 5.11 Å². The van der Waals surface area contributed by atoms with Crippen LogP contribution in [0.25, 0.3) is 0 Å². The van der Waals surface area contributed by atoms with E-state index in [1.165, 1.54) is 38.5 Å². The minimum Gasteiger partial charge on any atom is -0.481 e. The predicted octanol–water partition coefficient (Wildman–Crippen LogP) is 3.46. The first kappa shape index (κ1) is 11.5. The van der Waals surface area contributed by atoms with Crippen molar-refractivity contribution in [1.29, 1.82) is 0 Å². The Kier molecular flexibility index (Phi) is 4.99. The first-order valence-corrected chi connectivity index (χ1v) is 5.95. The summed E-state index contributed by atoms with van der Waals surface area (Å²) >= 11 is 0. The van der Waals surface area contributed by atoms with E-state index in [4.69, 9.17) is 5.11 Å². The Balaban J connectivity index is 2.37. The van der Waals surface area contributed by atoms with Crippen LogP contribution >= 0.6 is 0 Å². The van der Waals surface area contributed by atoms with Gasteiger partial charge in [-0.15, -0.1) is 0 Å². The molecule has 82 valence electrons. The molecule has 0 aromatic carbocycles. The molecule has 2 atom stereocenters. The lowest BCUT2D eigenvalue weighted by molar-refractivity contribution is -0.138. The molecule has 1 aliphatic rings. The Labute approximate surface area is 86.7 Å². The van der Waals surface area contributed by atoms with E-state index in [1.54, 1.807) is 0 Å². The third-order valence-corrected chi connectivity index (χ3v) is 3.43. The lowest BCUT2D eigenvalue weighted by Gasteiger charge is -2.30. The van der Waals surface area contributed by atoms with E-state index in [2.05, 4.69) is 6.92 Å². The summed E-state index contributed by atoms with van der Waals surface area (Å²) in [7, 11) is 0. The molecule has 0 aromatic rings. The van der Waals surface area contributed by atoms with Crippen molar-refractivity contribution in [3.63, 3.8) is 0 Å². The molecular formula is C12H22O2. The molecule has 0 spiro atoms. The summed E-state index contributed by atoms with van der Waals surface area (Å²) in [4.78, 5) is 10.7. The topological polar surface area (TPSA) is 37.3 Å². The summed E-state index contributed by atoms with van der Waals surface area (Å²) < 4.78 is 0. The molecule has 1 saturated carbocycles. The fraction of sp³-hybridized carbons (Fsp3) is 0.917. The molecule has 0 bridgehead atoms. The second-order valence-electron chi connectivity index (χ2n) is 4.54. The summed E-state index contributed by atoms with van der Waals surface area (Å²) in [5.41, 5.74) is 0. The third-order valence-electron chi connectivity index (χ3n) is 3.43. The molecule has 0 aromatic heterocycles. The summed E-state index contributed by atoms with van der Waals surface area (Å²) in [5.74, 6) is 0.547. The van der Waals surface area contributed by atoms with Crippen molar-refractivity contribution in [2.24, 2.45) is 11.8 Å². The van der Waals surface area contributed by atoms with Crippen molar-refractivity contribution >= 4 is 5.97 Å². The third kappa shape index (κ3) is 3.69. The van der Waals surface area contributed by atoms with Crippen LogP contribution in [-0.4, -0.2) is 11.1 Å². The maximum absolute atomic E-state index is 10.7. The summed E-state index contributed by atoms with van der Waals surface area (Å²) in [6.07, 6.45) is 9.09. The van der Waals surface area contributed by atoms with E-state index >= 15 is 0 Å². The molecule has 1 N–H and O–H groups in total. The van der Waals surface area contributed by atoms with Gasteiger partial charge in [0.15, 0.2) is 0 Å². The molecule has 0 aliphatic heterocycles. The average molecular weight is 198 g/mol. The second-order valence-corrected chi connectivity index (χ2v) is 4.54. The average Bonchev–Trinajstić information content (AvgIpc) is 2.16. The summed E-state index contributed by atoms with van der Waals surface area (Å²) in [6.45, 7) is 2.20. The zero-order valence-electron chi connectivity index (χ0n) is 9.17. The number of hydrogen-bond acceptors (Lipinski definition) is 1. The standard InChI is InChI=1S/C12H22O2/c1-2-3-6-10-7-4-5-8-11(10)9-12(13)14/h10-11H,2-9H2,1H3,(H,13,14). The minimum absolute atomic E-state index is 0.397. The predicted molar refractivity (Wildman–Crippen MR) is 57.2 cm³/mol. The first-order chi connectivity index (χ1) is 6.74. The van der Waals surface area contributed by atoms with Crippen molar-refractivity contribution in [2.45, 2.75) is 58.3 Å². The zero-order chi connectivity index (χ0) is 10.4. The van der Waals surface area contributed by atoms with Gasteiger partial charge in [-0.05, 0) is 18.3 Å². The highest BCUT2D eigenvalue weighted by Crippen LogP contribution is 2.35. The highest BCUT2D eigenvalue weighted by Gasteiger charge is 2.26. The number of aliphatic carboxylic acids is 1. The van der Waals surface area contributed by atoms with Gasteiger partial charge >= 0.3 is 5.97 Å². The van der Waals surface area contributed by atoms with Gasteiger partial charge in [-0.25, -0.2) is 0 Å². The highest BCUT2D eigenvalue weighted by atomic mass is 16.4. The summed E-state index contributed by atoms with van der Waals surface area (Å²) in [5, 5.41) is 8.81. The van der Waals surface area contributed by atoms with Crippen molar-refractivity contribution < 1.29 is 9.90 Å². The molecule has 1 fully saturated rings. The van der Waals surface area contributed by atoms with Crippen LogP contribution in [0.5, 0.6) is 0 Å². The molecule has 2 heteroatoms. The van der Waals surface area contributed by atoms with Crippen LogP contribution in [0, 0.1) is 11.8 Å². The van der Waals surface area contributed by atoms with Crippen molar-refractivity contribution in [2.75, 3.05) is 0 Å². The molecule has 1 aliphatic carbocycles. The molecule has 2 nitrogen and oxygen atoms in total. The number of carboxylic acids is 1. The molecule has 0 amide bonds. The molecular weight excluding hydrogens is 176 g/mol. The number of rotatable bonds is 5. The van der Waals surface area contributed by atoms with Crippen LogP contribution in [0.2, 0.25) is 0 Å². The van der Waals surface area contributed by atoms with Gasteiger partial charge in [0.05, 0.1) is 0 Å². The molecule has 0 saturated heterocycles. The Morgan fingerprint density at radius 1 is 1.29 bits per heavy atom. The molecule has 14 heavy (non-hydrogen) atoms. The zero-order valence-corrected chi connectivity index (χ0v) is 9.17. The van der Waals surface area contributed by atoms with Crippen LogP contribution in [0.4, 0.5) is 0 Å². The van der Waals surface area contributed by atoms with Gasteiger partial charge in [-0.1, -0.05) is 45.4 Å². The number of carbonyl (C=O) groups is 1. The van der Waals surface area contributed by atoms with Crippen LogP contribution in [-0.2, 0) is 4.79 Å². The van der Waals surface area contributed by atoms with Crippen molar-refractivity contribution in [3.05, 3.63) is 0 Å². The van der Waals surface area contributed by atoms with Crippen LogP contribution in [0.15, 0.2) is 0 Å². The maximum Gasteiger partial charge on any atom is 0.303 e. The van der Waals surface area contributed by atoms with Gasteiger partial charge in [0.1, 0.15) is 0 Å². The van der Waals surface area contributed by atoms with E-state index in [0.717, 1.165) is 6.42 Å². The van der Waals surface area contributed by atoms with E-state index < -0.39 is 5.97 Å². The maximum atomic E-state index is 10.7. The molecule has 2 unspecified atom stereocenters. The van der Waals surface area contributed by atoms with E-state index in [0.29, 0.717) is 18.3 Å². The second kappa shape index (κ2) is 6.05. The van der Waals surface area contributed by atoms with E-state index in [-0.39, 0.29) is 0 Å². The van der Waals surface area contributed by atoms with Crippen molar-refractivity contribution in [1.82, 2.24) is 0 Å². The largest absolute Gasteiger partial charge is 0.481 e. The minimum atomic E-state index is -0.613. The SMILES string of the molecule is CCCCC1CCCCC1CC(=O)O. The van der Waals surface area contributed by atoms with Crippen molar-refractivity contribution in [3.8, 4) is 0 Å². The number of unbranched alkanes of at least 4 members (excludes halogenated alkanes) is 1. The molecule has 0 heterocycles.